The molecule has 9 nitrogen and oxygen atoms in total. The molecule has 2 heterocycles. The van der Waals surface area contributed by atoms with Crippen molar-refractivity contribution in [1.29, 1.82) is 0 Å². The van der Waals surface area contributed by atoms with Crippen LogP contribution < -0.4 is 4.90 Å². The van der Waals surface area contributed by atoms with Crippen molar-refractivity contribution < 1.29 is 28.6 Å². The van der Waals surface area contributed by atoms with Gasteiger partial charge in [-0.25, -0.2) is 4.79 Å². The van der Waals surface area contributed by atoms with E-state index in [1.807, 2.05) is 25.1 Å². The molecule has 0 unspecified atom stereocenters. The summed E-state index contributed by atoms with van der Waals surface area (Å²) in [5, 5.41) is 0. The van der Waals surface area contributed by atoms with E-state index in [4.69, 9.17) is 9.47 Å². The second-order valence-corrected chi connectivity index (χ2v) is 11.2. The minimum atomic E-state index is -1.03. The molecule has 1 fully saturated rings. The molecule has 0 saturated carbocycles. The van der Waals surface area contributed by atoms with Crippen molar-refractivity contribution in [3.63, 3.8) is 0 Å². The molecule has 0 radical (unpaired) electrons. The number of Topliss-reactive ketones (excluding diaryl/α,β-unsaturated/α-hetero) is 1. The molecule has 0 atom stereocenters. The summed E-state index contributed by atoms with van der Waals surface area (Å²) >= 11 is 1.65. The molecule has 10 heteroatoms. The number of hydrogen-bond acceptors (Lipinski definition) is 9. The number of pyridine rings is 1. The molecule has 1 aromatic heterocycles. The third-order valence-corrected chi connectivity index (χ3v) is 8.62. The van der Waals surface area contributed by atoms with Gasteiger partial charge in [-0.15, -0.1) is 5.73 Å². The maximum atomic E-state index is 13.4. The highest BCUT2D eigenvalue weighted by Gasteiger charge is 2.30. The monoisotopic (exact) mass is 607 g/mol. The van der Waals surface area contributed by atoms with Gasteiger partial charge < -0.3 is 14.2 Å². The van der Waals surface area contributed by atoms with Crippen molar-refractivity contribution in [1.82, 2.24) is 9.88 Å². The lowest BCUT2D eigenvalue weighted by atomic mass is 9.90. The van der Waals surface area contributed by atoms with E-state index in [2.05, 4.69) is 33.0 Å². The van der Waals surface area contributed by atoms with Gasteiger partial charge >= 0.3 is 11.9 Å². The quantitative estimate of drug-likeness (QED) is 0.0926. The molecule has 2 aromatic rings. The van der Waals surface area contributed by atoms with Crippen molar-refractivity contribution in [2.75, 3.05) is 52.4 Å². The average molecular weight is 608 g/mol. The zero-order chi connectivity index (χ0) is 31.2. The van der Waals surface area contributed by atoms with E-state index in [-0.39, 0.29) is 12.3 Å². The molecule has 1 aromatic carbocycles. The minimum Gasteiger partial charge on any atom is -0.462 e. The number of ether oxygens (including phenoxy) is 3. The van der Waals surface area contributed by atoms with E-state index < -0.39 is 18.2 Å². The number of anilines is 1. The summed E-state index contributed by atoms with van der Waals surface area (Å²) in [7, 11) is 4.02. The van der Waals surface area contributed by atoms with Gasteiger partial charge in [0.1, 0.15) is 0 Å². The Morgan fingerprint density at radius 2 is 1.81 bits per heavy atom. The molecule has 1 aliphatic heterocycles. The Bertz CT molecular complexity index is 1310. The molecular formula is C33H41N3O6S. The fourth-order valence-electron chi connectivity index (χ4n) is 4.94. The van der Waals surface area contributed by atoms with Gasteiger partial charge in [-0.3, -0.25) is 24.4 Å². The number of ketones is 1. The first-order valence-electron chi connectivity index (χ1n) is 14.3. The standard InChI is InChI=1S/C33H41N3O6S/c1-6-25(43-30(7-2)27-13-10-11-19-34-27)22-35-20-17-24(18-21-35)15-16-29(37)26-12-8-9-14-28(26)36(23-31(40-3)41-4)32(38)33(39)42-5/h6,8-14,19,24,31H,2,15-18,20-23H2,1,3-5H3/b25-6-. The normalized spacial score (nSPS) is 14.3. The van der Waals surface area contributed by atoms with Crippen LogP contribution in [-0.2, 0) is 23.8 Å². The number of esters is 1. The van der Waals surface area contributed by atoms with Crippen LogP contribution in [-0.4, -0.2) is 81.3 Å². The molecule has 0 bridgehead atoms. The molecule has 0 aliphatic carbocycles. The van der Waals surface area contributed by atoms with Gasteiger partial charge in [0.25, 0.3) is 0 Å². The Labute approximate surface area is 258 Å². The molecule has 0 spiro atoms. The maximum Gasteiger partial charge on any atom is 0.397 e. The Hall–Kier alpha value is -3.53. The van der Waals surface area contributed by atoms with Crippen LogP contribution in [0.3, 0.4) is 0 Å². The first kappa shape index (κ1) is 34.0. The van der Waals surface area contributed by atoms with Gasteiger partial charge in [0, 0.05) is 43.9 Å². The van der Waals surface area contributed by atoms with E-state index >= 15 is 0 Å². The number of para-hydroxylation sites is 1. The van der Waals surface area contributed by atoms with Crippen molar-refractivity contribution in [2.45, 2.75) is 38.9 Å². The number of thioether (sulfide) groups is 1. The Balaban J connectivity index is 1.58. The minimum absolute atomic E-state index is 0.0812. The second kappa shape index (κ2) is 17.6. The predicted molar refractivity (Wildman–Crippen MR) is 169 cm³/mol. The Morgan fingerprint density at radius 3 is 2.42 bits per heavy atom. The van der Waals surface area contributed by atoms with Crippen LogP contribution in [0.25, 0.3) is 4.91 Å². The number of hydrogen-bond donors (Lipinski definition) is 0. The number of allylic oxidation sites excluding steroid dienone is 1. The number of carbonyl (C=O) groups excluding carboxylic acids is 3. The van der Waals surface area contributed by atoms with E-state index in [9.17, 15) is 14.4 Å². The van der Waals surface area contributed by atoms with Crippen molar-refractivity contribution in [3.05, 3.63) is 83.2 Å². The zero-order valence-electron chi connectivity index (χ0n) is 25.4. The van der Waals surface area contributed by atoms with Crippen molar-refractivity contribution in [3.8, 4) is 0 Å². The van der Waals surface area contributed by atoms with Gasteiger partial charge in [-0.05, 0) is 69.5 Å². The number of benzene rings is 1. The summed E-state index contributed by atoms with van der Waals surface area (Å²) < 4.78 is 15.2. The number of nitrogens with zero attached hydrogens (tertiary/aromatic N) is 3. The highest BCUT2D eigenvalue weighted by molar-refractivity contribution is 8.11. The third-order valence-electron chi connectivity index (χ3n) is 7.44. The number of piperidine rings is 1. The first-order chi connectivity index (χ1) is 20.8. The number of carbonyl (C=O) groups is 3. The highest BCUT2D eigenvalue weighted by Crippen LogP contribution is 2.33. The molecule has 1 saturated heterocycles. The van der Waals surface area contributed by atoms with Gasteiger partial charge in [0.05, 0.1) is 29.9 Å². The second-order valence-electron chi connectivity index (χ2n) is 10.1. The summed E-state index contributed by atoms with van der Waals surface area (Å²) in [6.07, 6.45) is 6.19. The van der Waals surface area contributed by atoms with E-state index in [1.54, 1.807) is 42.2 Å². The Kier molecular flexibility index (Phi) is 13.9. The molecule has 0 N–H and O–H groups in total. The fraction of sp³-hybridized carbons (Fsp3) is 0.424. The van der Waals surface area contributed by atoms with Crippen molar-refractivity contribution >= 4 is 40.0 Å². The number of amides is 1. The highest BCUT2D eigenvalue weighted by atomic mass is 32.2. The molecule has 1 aliphatic rings. The largest absolute Gasteiger partial charge is 0.462 e. The van der Waals surface area contributed by atoms with Crippen LogP contribution in [0.5, 0.6) is 0 Å². The van der Waals surface area contributed by atoms with Crippen LogP contribution >= 0.6 is 11.8 Å². The molecule has 230 valence electrons. The maximum absolute atomic E-state index is 13.4. The van der Waals surface area contributed by atoms with Gasteiger partial charge in [-0.1, -0.05) is 42.6 Å². The van der Waals surface area contributed by atoms with Crippen molar-refractivity contribution in [2.24, 2.45) is 5.92 Å². The first-order valence-corrected chi connectivity index (χ1v) is 15.1. The van der Waals surface area contributed by atoms with Crippen LogP contribution in [0, 0.1) is 5.92 Å². The topological polar surface area (TPSA) is 98.3 Å². The summed E-state index contributed by atoms with van der Waals surface area (Å²) in [5.41, 5.74) is 4.59. The SMILES string of the molecule is C=C=C(S/C(=C\C)CN1CCC(CCC(=O)c2ccccc2N(CC(OC)OC)C(=O)C(=O)OC)CC1)c1ccccn1. The van der Waals surface area contributed by atoms with Gasteiger partial charge in [0.15, 0.2) is 12.1 Å². The summed E-state index contributed by atoms with van der Waals surface area (Å²) in [5.74, 6) is -1.60. The lowest BCUT2D eigenvalue weighted by Gasteiger charge is -2.32. The number of aromatic nitrogens is 1. The number of methoxy groups -OCH3 is 3. The zero-order valence-corrected chi connectivity index (χ0v) is 26.2. The lowest BCUT2D eigenvalue weighted by molar-refractivity contribution is -0.152. The summed E-state index contributed by atoms with van der Waals surface area (Å²) in [6, 6.07) is 12.6. The predicted octanol–water partition coefficient (Wildman–Crippen LogP) is 5.34. The van der Waals surface area contributed by atoms with Crippen LogP contribution in [0.2, 0.25) is 0 Å². The molecular weight excluding hydrogens is 566 g/mol. The third kappa shape index (κ3) is 9.74. The average Bonchev–Trinajstić information content (AvgIpc) is 3.06. The molecule has 3 rings (SSSR count). The van der Waals surface area contributed by atoms with Crippen LogP contribution in [0.1, 0.15) is 48.7 Å². The van der Waals surface area contributed by atoms with Crippen LogP contribution in [0.4, 0.5) is 5.69 Å². The van der Waals surface area contributed by atoms with E-state index in [1.165, 1.54) is 24.0 Å². The molecule has 43 heavy (non-hydrogen) atoms. The summed E-state index contributed by atoms with van der Waals surface area (Å²) in [6.45, 7) is 8.54. The van der Waals surface area contributed by atoms with Gasteiger partial charge in [-0.2, -0.15) is 0 Å². The fourth-order valence-corrected chi connectivity index (χ4v) is 5.87. The Morgan fingerprint density at radius 1 is 1.12 bits per heavy atom. The number of likely N-dealkylation sites (tertiary alicyclic amines) is 1. The van der Waals surface area contributed by atoms with E-state index in [0.29, 0.717) is 23.6 Å². The summed E-state index contributed by atoms with van der Waals surface area (Å²) in [4.78, 5) is 48.7. The lowest BCUT2D eigenvalue weighted by Crippen LogP contribution is -2.43. The van der Waals surface area contributed by atoms with Crippen LogP contribution in [0.15, 0.2) is 72.0 Å². The molecule has 1 amide bonds. The number of rotatable bonds is 14. The van der Waals surface area contributed by atoms with E-state index in [0.717, 1.165) is 56.6 Å². The smallest absolute Gasteiger partial charge is 0.397 e. The van der Waals surface area contributed by atoms with Gasteiger partial charge in [0.2, 0.25) is 0 Å².